The van der Waals surface area contributed by atoms with E-state index in [-0.39, 0.29) is 11.3 Å². The Morgan fingerprint density at radius 2 is 2.26 bits per heavy atom. The minimum absolute atomic E-state index is 0.0226. The number of nitrogens with zero attached hydrogens (tertiary/aromatic N) is 3. The maximum absolute atomic E-state index is 12.3. The third-order valence-electron chi connectivity index (χ3n) is 3.76. The Hall–Kier alpha value is -2.74. The summed E-state index contributed by atoms with van der Waals surface area (Å²) in [7, 11) is 0. The summed E-state index contributed by atoms with van der Waals surface area (Å²) in [5, 5.41) is 17.9. The van der Waals surface area contributed by atoms with E-state index in [4.69, 9.17) is 4.74 Å². The summed E-state index contributed by atoms with van der Waals surface area (Å²) in [6, 6.07) is 7.53. The fourth-order valence-electron chi connectivity index (χ4n) is 2.56. The molecule has 1 aliphatic heterocycles. The summed E-state index contributed by atoms with van der Waals surface area (Å²) >= 11 is 0. The van der Waals surface area contributed by atoms with Crippen LogP contribution in [0.4, 0.5) is 11.5 Å². The number of para-hydroxylation sites is 1. The number of benzene rings is 1. The van der Waals surface area contributed by atoms with Gasteiger partial charge in [-0.1, -0.05) is 12.1 Å². The standard InChI is InChI=1S/C15H16N4O4/c20-15(12-3-1-2-4-13(12)19(21)22)17-14-5-7-16-18(14)9-11-6-8-23-10-11/h1-5,7,11H,6,8-10H2,(H,17,20)/t11-/m0/s1. The molecule has 2 aromatic rings. The number of carbonyl (C=O) groups is 1. The Bertz CT molecular complexity index is 722. The fourth-order valence-corrected chi connectivity index (χ4v) is 2.56. The van der Waals surface area contributed by atoms with Crippen molar-refractivity contribution in [1.29, 1.82) is 0 Å². The highest BCUT2D eigenvalue weighted by Crippen LogP contribution is 2.21. The second-order valence-electron chi connectivity index (χ2n) is 5.36. The summed E-state index contributed by atoms with van der Waals surface area (Å²) in [5.74, 6) is 0.346. The van der Waals surface area contributed by atoms with E-state index in [0.717, 1.165) is 13.0 Å². The number of nitrogens with one attached hydrogen (secondary N) is 1. The Morgan fingerprint density at radius 3 is 3.00 bits per heavy atom. The van der Waals surface area contributed by atoms with E-state index in [9.17, 15) is 14.9 Å². The van der Waals surface area contributed by atoms with Gasteiger partial charge in [-0.3, -0.25) is 14.9 Å². The lowest BCUT2D eigenvalue weighted by atomic mass is 10.1. The van der Waals surface area contributed by atoms with Crippen LogP contribution in [0.15, 0.2) is 36.5 Å². The Labute approximate surface area is 132 Å². The maximum atomic E-state index is 12.3. The van der Waals surface area contributed by atoms with Crippen molar-refractivity contribution >= 4 is 17.4 Å². The summed E-state index contributed by atoms with van der Waals surface area (Å²) in [6.45, 7) is 2.06. The van der Waals surface area contributed by atoms with Crippen molar-refractivity contribution in [2.75, 3.05) is 18.5 Å². The number of ether oxygens (including phenoxy) is 1. The van der Waals surface area contributed by atoms with Crippen LogP contribution >= 0.6 is 0 Å². The van der Waals surface area contributed by atoms with Crippen molar-refractivity contribution in [2.45, 2.75) is 13.0 Å². The van der Waals surface area contributed by atoms with Gasteiger partial charge in [0.25, 0.3) is 11.6 Å². The van der Waals surface area contributed by atoms with E-state index in [1.165, 1.54) is 18.2 Å². The van der Waals surface area contributed by atoms with Gasteiger partial charge < -0.3 is 10.1 Å². The molecule has 1 aromatic carbocycles. The highest BCUT2D eigenvalue weighted by molar-refractivity contribution is 6.06. The van der Waals surface area contributed by atoms with Crippen LogP contribution in [0.3, 0.4) is 0 Å². The lowest BCUT2D eigenvalue weighted by Gasteiger charge is -2.12. The van der Waals surface area contributed by atoms with Crippen LogP contribution < -0.4 is 5.32 Å². The summed E-state index contributed by atoms with van der Waals surface area (Å²) < 4.78 is 7.02. The first-order valence-corrected chi connectivity index (χ1v) is 7.29. The van der Waals surface area contributed by atoms with Crippen molar-refractivity contribution in [1.82, 2.24) is 9.78 Å². The van der Waals surface area contributed by atoms with Crippen LogP contribution in [0.1, 0.15) is 16.8 Å². The van der Waals surface area contributed by atoms with Gasteiger partial charge in [-0.15, -0.1) is 0 Å². The number of carbonyl (C=O) groups excluding carboxylic acids is 1. The Balaban J connectivity index is 1.76. The molecule has 2 heterocycles. The van der Waals surface area contributed by atoms with E-state index in [2.05, 4.69) is 10.4 Å². The molecule has 1 aromatic heterocycles. The molecule has 120 valence electrons. The molecular weight excluding hydrogens is 300 g/mol. The quantitative estimate of drug-likeness (QED) is 0.672. The van der Waals surface area contributed by atoms with Gasteiger partial charge in [0.1, 0.15) is 11.4 Å². The van der Waals surface area contributed by atoms with Crippen LogP contribution in [0, 0.1) is 16.0 Å². The number of amides is 1. The first-order chi connectivity index (χ1) is 11.1. The number of anilines is 1. The highest BCUT2D eigenvalue weighted by atomic mass is 16.6. The molecule has 0 radical (unpaired) electrons. The fraction of sp³-hybridized carbons (Fsp3) is 0.333. The zero-order valence-corrected chi connectivity index (χ0v) is 12.3. The topological polar surface area (TPSA) is 99.3 Å². The molecule has 1 fully saturated rings. The van der Waals surface area contributed by atoms with Crippen LogP contribution in [-0.2, 0) is 11.3 Å². The normalized spacial score (nSPS) is 17.1. The molecule has 1 N–H and O–H groups in total. The van der Waals surface area contributed by atoms with Gasteiger partial charge in [0.05, 0.1) is 17.7 Å². The van der Waals surface area contributed by atoms with Crippen molar-refractivity contribution < 1.29 is 14.5 Å². The van der Waals surface area contributed by atoms with Crippen molar-refractivity contribution in [2.24, 2.45) is 5.92 Å². The average Bonchev–Trinajstić information content (AvgIpc) is 3.20. The number of rotatable bonds is 5. The molecule has 0 unspecified atom stereocenters. The highest BCUT2D eigenvalue weighted by Gasteiger charge is 2.22. The minimum atomic E-state index is -0.567. The predicted molar refractivity (Wildman–Crippen MR) is 82.2 cm³/mol. The largest absolute Gasteiger partial charge is 0.381 e. The van der Waals surface area contributed by atoms with Gasteiger partial charge >= 0.3 is 0 Å². The van der Waals surface area contributed by atoms with Gasteiger partial charge in [-0.25, -0.2) is 4.68 Å². The smallest absolute Gasteiger partial charge is 0.282 e. The molecule has 1 amide bonds. The lowest BCUT2D eigenvalue weighted by molar-refractivity contribution is -0.385. The van der Waals surface area contributed by atoms with E-state index < -0.39 is 10.8 Å². The molecule has 0 bridgehead atoms. The van der Waals surface area contributed by atoms with Crippen molar-refractivity contribution in [3.63, 3.8) is 0 Å². The molecule has 8 nitrogen and oxygen atoms in total. The first-order valence-electron chi connectivity index (χ1n) is 7.29. The third kappa shape index (κ3) is 3.37. The lowest BCUT2D eigenvalue weighted by Crippen LogP contribution is -2.19. The predicted octanol–water partition coefficient (Wildman–Crippen LogP) is 2.08. The molecule has 0 aliphatic carbocycles. The molecule has 0 spiro atoms. The summed E-state index contributed by atoms with van der Waals surface area (Å²) in [5.41, 5.74) is -0.199. The van der Waals surface area contributed by atoms with Crippen LogP contribution in [0.5, 0.6) is 0 Å². The van der Waals surface area contributed by atoms with Crippen molar-refractivity contribution in [3.8, 4) is 0 Å². The Morgan fingerprint density at radius 1 is 1.43 bits per heavy atom. The SMILES string of the molecule is O=C(Nc1ccnn1C[C@@H]1CCOC1)c1ccccc1[N+](=O)[O-]. The zero-order valence-electron chi connectivity index (χ0n) is 12.3. The first kappa shape index (κ1) is 15.2. The summed E-state index contributed by atoms with van der Waals surface area (Å²) in [6.07, 6.45) is 2.54. The second kappa shape index (κ2) is 6.57. The monoisotopic (exact) mass is 316 g/mol. The summed E-state index contributed by atoms with van der Waals surface area (Å²) in [4.78, 5) is 22.8. The third-order valence-corrected chi connectivity index (χ3v) is 3.76. The number of aromatic nitrogens is 2. The molecule has 3 rings (SSSR count). The molecule has 1 saturated heterocycles. The number of nitro benzene ring substituents is 1. The van der Waals surface area contributed by atoms with Gasteiger partial charge in [-0.2, -0.15) is 5.10 Å². The molecular formula is C15H16N4O4. The van der Waals surface area contributed by atoms with Gasteiger partial charge in [0, 0.05) is 31.2 Å². The number of hydrogen-bond donors (Lipinski definition) is 1. The minimum Gasteiger partial charge on any atom is -0.381 e. The average molecular weight is 316 g/mol. The zero-order chi connectivity index (χ0) is 16.2. The van der Waals surface area contributed by atoms with Crippen LogP contribution in [0.2, 0.25) is 0 Å². The molecule has 1 atom stereocenters. The van der Waals surface area contributed by atoms with Crippen LogP contribution in [-0.4, -0.2) is 33.8 Å². The van der Waals surface area contributed by atoms with Crippen molar-refractivity contribution in [3.05, 3.63) is 52.2 Å². The van der Waals surface area contributed by atoms with Gasteiger partial charge in [0.2, 0.25) is 0 Å². The number of hydrogen-bond acceptors (Lipinski definition) is 5. The molecule has 23 heavy (non-hydrogen) atoms. The second-order valence-corrected chi connectivity index (χ2v) is 5.36. The van der Waals surface area contributed by atoms with Gasteiger partial charge in [-0.05, 0) is 12.5 Å². The van der Waals surface area contributed by atoms with Gasteiger partial charge in [0.15, 0.2) is 0 Å². The van der Waals surface area contributed by atoms with E-state index >= 15 is 0 Å². The van der Waals surface area contributed by atoms with E-state index in [1.54, 1.807) is 23.0 Å². The molecule has 0 saturated carbocycles. The van der Waals surface area contributed by atoms with E-state index in [1.807, 2.05) is 0 Å². The molecule has 8 heteroatoms. The molecule has 1 aliphatic rings. The maximum Gasteiger partial charge on any atom is 0.282 e. The Kier molecular flexibility index (Phi) is 4.33. The van der Waals surface area contributed by atoms with Crippen LogP contribution in [0.25, 0.3) is 0 Å². The number of nitro groups is 1. The van der Waals surface area contributed by atoms with E-state index in [0.29, 0.717) is 24.9 Å².